The highest BCUT2D eigenvalue weighted by Crippen LogP contribution is 2.29. The molecule has 4 rings (SSSR count). The molecule has 1 aliphatic heterocycles. The third-order valence-electron chi connectivity index (χ3n) is 4.28. The number of anilines is 1. The van der Waals surface area contributed by atoms with Crippen LogP contribution in [-0.2, 0) is 9.59 Å². The lowest BCUT2D eigenvalue weighted by Gasteiger charge is -2.13. The average Bonchev–Trinajstić information content (AvgIpc) is 3.24. The van der Waals surface area contributed by atoms with E-state index in [-0.39, 0.29) is 5.57 Å². The molecule has 6 heteroatoms. The van der Waals surface area contributed by atoms with Crippen LogP contribution in [-0.4, -0.2) is 11.8 Å². The van der Waals surface area contributed by atoms with Crippen molar-refractivity contribution in [2.24, 2.45) is 0 Å². The number of furan rings is 1. The highest BCUT2D eigenvalue weighted by molar-refractivity contribution is 6.31. The molecule has 1 saturated heterocycles. The van der Waals surface area contributed by atoms with Crippen molar-refractivity contribution in [1.29, 1.82) is 0 Å². The number of nitrogens with zero attached hydrogens (tertiary/aromatic N) is 1. The van der Waals surface area contributed by atoms with Crippen molar-refractivity contribution in [3.63, 3.8) is 0 Å². The second-order valence-electron chi connectivity index (χ2n) is 6.14. The quantitative estimate of drug-likeness (QED) is 0.543. The van der Waals surface area contributed by atoms with Crippen LogP contribution < -0.4 is 10.4 Å². The fraction of sp³-hybridized carbons (Fsp3) is 0.0476. The second-order valence-corrected chi connectivity index (χ2v) is 6.57. The van der Waals surface area contributed by atoms with Crippen molar-refractivity contribution in [3.8, 4) is 11.3 Å². The van der Waals surface area contributed by atoms with Gasteiger partial charge in [-0.2, -0.15) is 0 Å². The first-order chi connectivity index (χ1) is 13.0. The molecule has 1 aliphatic rings. The number of para-hydroxylation sites is 1. The van der Waals surface area contributed by atoms with Gasteiger partial charge in [0.05, 0.1) is 5.69 Å². The minimum Gasteiger partial charge on any atom is -0.457 e. The van der Waals surface area contributed by atoms with Gasteiger partial charge >= 0.3 is 0 Å². The summed E-state index contributed by atoms with van der Waals surface area (Å²) in [7, 11) is 0. The van der Waals surface area contributed by atoms with Crippen LogP contribution in [0.25, 0.3) is 17.4 Å². The van der Waals surface area contributed by atoms with Gasteiger partial charge in [-0.25, -0.2) is 5.01 Å². The number of benzene rings is 2. The number of nitrogens with one attached hydrogen (secondary N) is 1. The Bertz CT molecular complexity index is 1070. The fourth-order valence-electron chi connectivity index (χ4n) is 2.89. The average molecular weight is 379 g/mol. The highest BCUT2D eigenvalue weighted by Gasteiger charge is 2.34. The van der Waals surface area contributed by atoms with E-state index in [9.17, 15) is 9.59 Å². The molecule has 2 aromatic carbocycles. The van der Waals surface area contributed by atoms with Gasteiger partial charge in [0.2, 0.25) is 0 Å². The number of carbonyl (C=O) groups is 2. The van der Waals surface area contributed by atoms with Crippen LogP contribution in [0.3, 0.4) is 0 Å². The Morgan fingerprint density at radius 2 is 1.81 bits per heavy atom. The maximum Gasteiger partial charge on any atom is 0.282 e. The van der Waals surface area contributed by atoms with E-state index in [4.69, 9.17) is 16.0 Å². The van der Waals surface area contributed by atoms with E-state index in [0.29, 0.717) is 22.2 Å². The standard InChI is InChI=1S/C21H15ClN2O3/c1-13-7-8-14(22)11-17(13)19-10-9-16(27-19)12-18-20(25)23-24(21(18)26)15-5-3-2-4-6-15/h2-12H,1H3,(H,23,25). The van der Waals surface area contributed by atoms with E-state index in [2.05, 4.69) is 5.43 Å². The normalized spacial score (nSPS) is 15.5. The lowest BCUT2D eigenvalue weighted by Crippen LogP contribution is -2.35. The second kappa shape index (κ2) is 6.78. The Kier molecular flexibility index (Phi) is 4.30. The van der Waals surface area contributed by atoms with Crippen LogP contribution in [0.15, 0.2) is 70.7 Å². The summed E-state index contributed by atoms with van der Waals surface area (Å²) in [6.07, 6.45) is 1.45. The molecule has 0 radical (unpaired) electrons. The Hall–Kier alpha value is -3.31. The van der Waals surface area contributed by atoms with Crippen molar-refractivity contribution < 1.29 is 14.0 Å². The molecular weight excluding hydrogens is 364 g/mol. The first-order valence-corrected chi connectivity index (χ1v) is 8.69. The summed E-state index contributed by atoms with van der Waals surface area (Å²) in [6, 6.07) is 18.0. The van der Waals surface area contributed by atoms with Crippen LogP contribution in [0, 0.1) is 6.92 Å². The van der Waals surface area contributed by atoms with Gasteiger partial charge in [-0.1, -0.05) is 35.9 Å². The third-order valence-corrected chi connectivity index (χ3v) is 4.52. The van der Waals surface area contributed by atoms with Crippen molar-refractivity contribution in [1.82, 2.24) is 5.43 Å². The SMILES string of the molecule is Cc1ccc(Cl)cc1-c1ccc(C=C2C(=O)NN(c3ccccc3)C2=O)o1. The number of aryl methyl sites for hydroxylation is 1. The predicted molar refractivity (Wildman–Crippen MR) is 104 cm³/mol. The maximum absolute atomic E-state index is 12.6. The third kappa shape index (κ3) is 3.25. The molecule has 0 spiro atoms. The predicted octanol–water partition coefficient (Wildman–Crippen LogP) is 4.37. The number of hydrogen-bond donors (Lipinski definition) is 1. The summed E-state index contributed by atoms with van der Waals surface area (Å²) < 4.78 is 5.82. The molecule has 0 bridgehead atoms. The van der Waals surface area contributed by atoms with Gasteiger partial charge in [-0.05, 0) is 55.0 Å². The van der Waals surface area contributed by atoms with Gasteiger partial charge < -0.3 is 4.42 Å². The number of halogens is 1. The molecule has 0 aliphatic carbocycles. The number of hydrogen-bond acceptors (Lipinski definition) is 3. The minimum atomic E-state index is -0.472. The van der Waals surface area contributed by atoms with E-state index in [1.165, 1.54) is 11.1 Å². The monoisotopic (exact) mass is 378 g/mol. The van der Waals surface area contributed by atoms with Crippen molar-refractivity contribution in [2.75, 3.05) is 5.01 Å². The molecule has 0 atom stereocenters. The summed E-state index contributed by atoms with van der Waals surface area (Å²) in [5.74, 6) is 0.134. The van der Waals surface area contributed by atoms with Gasteiger partial charge in [0, 0.05) is 10.6 Å². The number of rotatable bonds is 3. The van der Waals surface area contributed by atoms with Crippen molar-refractivity contribution >= 4 is 35.2 Å². The largest absolute Gasteiger partial charge is 0.457 e. The zero-order chi connectivity index (χ0) is 19.0. The molecule has 1 fully saturated rings. The first-order valence-electron chi connectivity index (χ1n) is 8.31. The van der Waals surface area contributed by atoms with Crippen molar-refractivity contribution in [2.45, 2.75) is 6.92 Å². The molecule has 134 valence electrons. The van der Waals surface area contributed by atoms with E-state index in [1.807, 2.05) is 31.2 Å². The van der Waals surface area contributed by atoms with Gasteiger partial charge in [-0.3, -0.25) is 15.0 Å². The Balaban J connectivity index is 1.64. The summed E-state index contributed by atoms with van der Waals surface area (Å²) in [5, 5.41) is 1.83. The van der Waals surface area contributed by atoms with Crippen LogP contribution in [0.1, 0.15) is 11.3 Å². The number of carbonyl (C=O) groups excluding carboxylic acids is 2. The highest BCUT2D eigenvalue weighted by atomic mass is 35.5. The summed E-state index contributed by atoms with van der Waals surface area (Å²) in [5.41, 5.74) is 5.04. The molecule has 0 unspecified atom stereocenters. The molecule has 5 nitrogen and oxygen atoms in total. The minimum absolute atomic E-state index is 0.0163. The van der Waals surface area contributed by atoms with Crippen LogP contribution >= 0.6 is 11.6 Å². The maximum atomic E-state index is 12.6. The molecule has 27 heavy (non-hydrogen) atoms. The Labute approximate surface area is 160 Å². The molecule has 3 aromatic rings. The molecule has 2 heterocycles. The molecular formula is C21H15ClN2O3. The van der Waals surface area contributed by atoms with Gasteiger partial charge in [0.1, 0.15) is 17.1 Å². The molecule has 1 aromatic heterocycles. The topological polar surface area (TPSA) is 62.6 Å². The fourth-order valence-corrected chi connectivity index (χ4v) is 3.07. The number of hydrazine groups is 1. The van der Waals surface area contributed by atoms with Crippen LogP contribution in [0.2, 0.25) is 5.02 Å². The lowest BCUT2D eigenvalue weighted by atomic mass is 10.1. The van der Waals surface area contributed by atoms with Crippen LogP contribution in [0.4, 0.5) is 5.69 Å². The van der Waals surface area contributed by atoms with E-state index >= 15 is 0 Å². The van der Waals surface area contributed by atoms with Crippen molar-refractivity contribution in [3.05, 3.63) is 82.6 Å². The zero-order valence-corrected chi connectivity index (χ0v) is 15.2. The zero-order valence-electron chi connectivity index (χ0n) is 14.4. The number of amides is 2. The van der Waals surface area contributed by atoms with Gasteiger partial charge in [-0.15, -0.1) is 0 Å². The summed E-state index contributed by atoms with van der Waals surface area (Å²) >= 11 is 6.07. The molecule has 2 amide bonds. The van der Waals surface area contributed by atoms with Gasteiger partial charge in [0.25, 0.3) is 11.8 Å². The first kappa shape index (κ1) is 17.1. The van der Waals surface area contributed by atoms with E-state index in [0.717, 1.165) is 11.1 Å². The lowest BCUT2D eigenvalue weighted by molar-refractivity contribution is -0.117. The van der Waals surface area contributed by atoms with E-state index < -0.39 is 11.8 Å². The molecule has 0 saturated carbocycles. The molecule has 1 N–H and O–H groups in total. The summed E-state index contributed by atoms with van der Waals surface area (Å²) in [6.45, 7) is 1.96. The summed E-state index contributed by atoms with van der Waals surface area (Å²) in [4.78, 5) is 24.9. The van der Waals surface area contributed by atoms with Crippen LogP contribution in [0.5, 0.6) is 0 Å². The van der Waals surface area contributed by atoms with E-state index in [1.54, 1.807) is 36.4 Å². The van der Waals surface area contributed by atoms with Gasteiger partial charge in [0.15, 0.2) is 0 Å². The Morgan fingerprint density at radius 3 is 2.59 bits per heavy atom. The smallest absolute Gasteiger partial charge is 0.282 e. The Morgan fingerprint density at radius 1 is 1.04 bits per heavy atom.